The number of hydrogen-bond donors (Lipinski definition) is 1. The summed E-state index contributed by atoms with van der Waals surface area (Å²) in [6.07, 6.45) is 6.18. The Balaban J connectivity index is 2.01. The fraction of sp³-hybridized carbons (Fsp3) is 0.414. The Kier molecular flexibility index (Phi) is 9.49. The van der Waals surface area contributed by atoms with Crippen LogP contribution in [0.25, 0.3) is 5.70 Å². The van der Waals surface area contributed by atoms with Crippen LogP contribution in [0.5, 0.6) is 5.75 Å². The standard InChI is InChI=1S/C29H37NO4/c1-4-19-33-20-21-34-27-15-12-24(13-16-27)28-17-14-25(29(31)32)9-8-18-30(28,22-23(2)3)26-10-6-5-7-11-26/h5-7,10-17,23H,4,8-9,18-22H2,1-3H3/p+1. The predicted molar refractivity (Wildman–Crippen MR) is 139 cm³/mol. The Bertz CT molecular complexity index is 979. The van der Waals surface area contributed by atoms with Crippen LogP contribution < -0.4 is 9.22 Å². The van der Waals surface area contributed by atoms with Gasteiger partial charge in [0.2, 0.25) is 0 Å². The van der Waals surface area contributed by atoms with E-state index in [1.165, 1.54) is 5.69 Å². The average molecular weight is 465 g/mol. The van der Waals surface area contributed by atoms with Crippen LogP contribution in [0.15, 0.2) is 72.3 Å². The molecule has 0 saturated carbocycles. The van der Waals surface area contributed by atoms with Crippen LogP contribution in [0.4, 0.5) is 5.69 Å². The van der Waals surface area contributed by atoms with Crippen LogP contribution in [-0.4, -0.2) is 44.0 Å². The molecule has 182 valence electrons. The van der Waals surface area contributed by atoms with Gasteiger partial charge in [-0.1, -0.05) is 39.0 Å². The Morgan fingerprint density at radius 1 is 1.00 bits per heavy atom. The number of carboxylic acid groups (broad SMARTS) is 1. The zero-order valence-electron chi connectivity index (χ0n) is 20.7. The number of para-hydroxylation sites is 1. The number of ether oxygens (including phenoxy) is 2. The van der Waals surface area contributed by atoms with Gasteiger partial charge in [-0.25, -0.2) is 4.79 Å². The summed E-state index contributed by atoms with van der Waals surface area (Å²) in [5.41, 5.74) is 3.86. The second-order valence-electron chi connectivity index (χ2n) is 9.24. The lowest BCUT2D eigenvalue weighted by molar-refractivity contribution is -0.132. The molecule has 0 spiro atoms. The largest absolute Gasteiger partial charge is 0.491 e. The number of benzene rings is 2. The van der Waals surface area contributed by atoms with Crippen LogP contribution in [0.3, 0.4) is 0 Å². The maximum atomic E-state index is 11.8. The van der Waals surface area contributed by atoms with Crippen molar-refractivity contribution in [2.75, 3.05) is 32.9 Å². The maximum Gasteiger partial charge on any atom is 0.331 e. The second kappa shape index (κ2) is 12.5. The molecule has 0 fully saturated rings. The number of quaternary nitrogens is 1. The highest BCUT2D eigenvalue weighted by molar-refractivity contribution is 5.88. The summed E-state index contributed by atoms with van der Waals surface area (Å²) in [5.74, 6) is 0.420. The lowest BCUT2D eigenvalue weighted by Crippen LogP contribution is -2.51. The molecule has 5 heteroatoms. The van der Waals surface area contributed by atoms with Gasteiger partial charge in [0.25, 0.3) is 0 Å². The molecular formula is C29H38NO4+. The van der Waals surface area contributed by atoms with E-state index in [1.807, 2.05) is 24.3 Å². The Hall–Kier alpha value is -2.89. The van der Waals surface area contributed by atoms with E-state index < -0.39 is 5.97 Å². The van der Waals surface area contributed by atoms with Crippen LogP contribution in [0.1, 0.15) is 45.6 Å². The molecule has 5 nitrogen and oxygen atoms in total. The summed E-state index contributed by atoms with van der Waals surface area (Å²) in [4.78, 5) is 11.8. The number of carbonyl (C=O) groups is 1. The van der Waals surface area contributed by atoms with Gasteiger partial charge in [0.1, 0.15) is 23.7 Å². The summed E-state index contributed by atoms with van der Waals surface area (Å²) in [6.45, 7) is 10.2. The van der Waals surface area contributed by atoms with E-state index in [-0.39, 0.29) is 0 Å². The van der Waals surface area contributed by atoms with Crippen molar-refractivity contribution >= 4 is 17.4 Å². The lowest BCUT2D eigenvalue weighted by Gasteiger charge is -2.41. The van der Waals surface area contributed by atoms with Crippen molar-refractivity contribution in [3.05, 3.63) is 77.9 Å². The van der Waals surface area contributed by atoms with E-state index in [0.717, 1.165) is 49.5 Å². The molecule has 0 bridgehead atoms. The van der Waals surface area contributed by atoms with Gasteiger partial charge in [0.15, 0.2) is 0 Å². The first-order valence-electron chi connectivity index (χ1n) is 12.3. The second-order valence-corrected chi connectivity index (χ2v) is 9.24. The minimum absolute atomic E-state index is 0.455. The minimum Gasteiger partial charge on any atom is -0.491 e. The molecule has 2 aromatic carbocycles. The number of nitrogens with zero attached hydrogens (tertiary/aromatic N) is 1. The highest BCUT2D eigenvalue weighted by Gasteiger charge is 2.37. The average Bonchev–Trinajstić information content (AvgIpc) is 2.82. The molecule has 1 unspecified atom stereocenters. The van der Waals surface area contributed by atoms with Crippen LogP contribution in [0.2, 0.25) is 0 Å². The molecule has 1 heterocycles. The molecular weight excluding hydrogens is 426 g/mol. The van der Waals surface area contributed by atoms with Gasteiger partial charge in [0, 0.05) is 36.2 Å². The van der Waals surface area contributed by atoms with Crippen molar-refractivity contribution in [3.8, 4) is 5.75 Å². The van der Waals surface area contributed by atoms with Crippen LogP contribution in [-0.2, 0) is 9.53 Å². The molecule has 0 aliphatic carbocycles. The number of hydrogen-bond acceptors (Lipinski definition) is 3. The number of aliphatic carboxylic acids is 1. The lowest BCUT2D eigenvalue weighted by atomic mass is 9.97. The highest BCUT2D eigenvalue weighted by Crippen LogP contribution is 2.38. The van der Waals surface area contributed by atoms with Crippen molar-refractivity contribution in [1.29, 1.82) is 0 Å². The Morgan fingerprint density at radius 2 is 1.74 bits per heavy atom. The van der Waals surface area contributed by atoms with Gasteiger partial charge >= 0.3 is 5.97 Å². The van der Waals surface area contributed by atoms with Crippen molar-refractivity contribution < 1.29 is 19.4 Å². The van der Waals surface area contributed by atoms with Crippen molar-refractivity contribution in [2.24, 2.45) is 5.92 Å². The predicted octanol–water partition coefficient (Wildman–Crippen LogP) is 6.30. The van der Waals surface area contributed by atoms with Gasteiger partial charge in [-0.05, 0) is 55.3 Å². The van der Waals surface area contributed by atoms with Gasteiger partial charge in [-0.2, -0.15) is 0 Å². The molecule has 1 aliphatic rings. The van der Waals surface area contributed by atoms with Gasteiger partial charge < -0.3 is 14.6 Å². The van der Waals surface area contributed by atoms with E-state index >= 15 is 0 Å². The first-order valence-corrected chi connectivity index (χ1v) is 12.3. The monoisotopic (exact) mass is 464 g/mol. The number of carboxylic acids is 1. The molecule has 1 aliphatic heterocycles. The third kappa shape index (κ3) is 6.58. The summed E-state index contributed by atoms with van der Waals surface area (Å²) < 4.78 is 12.0. The van der Waals surface area contributed by atoms with E-state index in [9.17, 15) is 9.90 Å². The molecule has 1 atom stereocenters. The smallest absolute Gasteiger partial charge is 0.331 e. The molecule has 0 saturated heterocycles. The zero-order valence-corrected chi connectivity index (χ0v) is 20.7. The SMILES string of the molecule is CCCOCCOc1ccc(C2=CC=C(C(=O)O)CCC[N+]2(CC(C)C)c2ccccc2)cc1. The van der Waals surface area contributed by atoms with Gasteiger partial charge in [-0.3, -0.25) is 4.48 Å². The topological polar surface area (TPSA) is 55.8 Å². The first kappa shape index (κ1) is 25.7. The summed E-state index contributed by atoms with van der Waals surface area (Å²) in [7, 11) is 0. The molecule has 34 heavy (non-hydrogen) atoms. The molecule has 0 aromatic heterocycles. The summed E-state index contributed by atoms with van der Waals surface area (Å²) >= 11 is 0. The molecule has 0 radical (unpaired) electrons. The minimum atomic E-state index is -0.840. The molecule has 3 rings (SSSR count). The molecule has 2 aromatic rings. The number of rotatable bonds is 11. The van der Waals surface area contributed by atoms with Crippen LogP contribution in [0, 0.1) is 5.92 Å². The fourth-order valence-electron chi connectivity index (χ4n) is 4.67. The number of allylic oxidation sites excluding steroid dienone is 2. The maximum absolute atomic E-state index is 11.8. The normalized spacial score (nSPS) is 18.6. The van der Waals surface area contributed by atoms with Gasteiger partial charge in [-0.15, -0.1) is 0 Å². The van der Waals surface area contributed by atoms with E-state index in [4.69, 9.17) is 9.47 Å². The van der Waals surface area contributed by atoms with E-state index in [1.54, 1.807) is 6.08 Å². The van der Waals surface area contributed by atoms with Crippen LogP contribution >= 0.6 is 0 Å². The zero-order chi connectivity index (χ0) is 24.4. The van der Waals surface area contributed by atoms with Crippen molar-refractivity contribution in [1.82, 2.24) is 4.48 Å². The van der Waals surface area contributed by atoms with E-state index in [2.05, 4.69) is 57.2 Å². The fourth-order valence-corrected chi connectivity index (χ4v) is 4.67. The Morgan fingerprint density at radius 3 is 2.38 bits per heavy atom. The summed E-state index contributed by atoms with van der Waals surface area (Å²) in [5, 5.41) is 9.65. The molecule has 0 amide bonds. The third-order valence-corrected chi connectivity index (χ3v) is 6.09. The first-order chi connectivity index (χ1) is 16.5. The Labute approximate surface area is 203 Å². The quantitative estimate of drug-likeness (QED) is 0.313. The highest BCUT2D eigenvalue weighted by atomic mass is 16.5. The van der Waals surface area contributed by atoms with Gasteiger partial charge in [0.05, 0.1) is 19.7 Å². The third-order valence-electron chi connectivity index (χ3n) is 6.09. The van der Waals surface area contributed by atoms with Crippen molar-refractivity contribution in [2.45, 2.75) is 40.0 Å². The summed E-state index contributed by atoms with van der Waals surface area (Å²) in [6, 6.07) is 18.7. The van der Waals surface area contributed by atoms with Crippen molar-refractivity contribution in [3.63, 3.8) is 0 Å². The van der Waals surface area contributed by atoms with E-state index in [0.29, 0.717) is 35.6 Å². The molecule has 1 N–H and O–H groups in total.